The fourth-order valence-corrected chi connectivity index (χ4v) is 2.07. The molecule has 0 spiro atoms. The summed E-state index contributed by atoms with van der Waals surface area (Å²) in [6.07, 6.45) is 0.646. The molecule has 1 heterocycles. The summed E-state index contributed by atoms with van der Waals surface area (Å²) in [5.41, 5.74) is 0. The highest BCUT2D eigenvalue weighted by molar-refractivity contribution is 6.43. The van der Waals surface area contributed by atoms with Gasteiger partial charge in [0.25, 0.3) is 0 Å². The van der Waals surface area contributed by atoms with E-state index < -0.39 is 12.1 Å². The van der Waals surface area contributed by atoms with Gasteiger partial charge in [-0.2, -0.15) is 0 Å². The molecule has 0 bridgehead atoms. The summed E-state index contributed by atoms with van der Waals surface area (Å²) in [6.45, 7) is 1.58. The third kappa shape index (κ3) is 4.30. The van der Waals surface area contributed by atoms with Crippen LogP contribution >= 0.6 is 34.8 Å². The first-order valence-electron chi connectivity index (χ1n) is 5.97. The monoisotopic (exact) mass is 348 g/mol. The number of halogens is 3. The lowest BCUT2D eigenvalue weighted by Gasteiger charge is -2.15. The predicted octanol–water partition coefficient (Wildman–Crippen LogP) is 4.75. The van der Waals surface area contributed by atoms with Gasteiger partial charge in [0.15, 0.2) is 6.10 Å². The number of hydrogen-bond acceptors (Lipinski definition) is 4. The number of benzene rings is 1. The van der Waals surface area contributed by atoms with E-state index in [0.29, 0.717) is 10.8 Å². The largest absolute Gasteiger partial charge is 0.477 e. The maximum absolute atomic E-state index is 11.8. The predicted molar refractivity (Wildman–Crippen MR) is 80.1 cm³/mol. The average molecular weight is 350 g/mol. The molecule has 1 aromatic heterocycles. The van der Waals surface area contributed by atoms with E-state index in [4.69, 9.17) is 48.7 Å². The van der Waals surface area contributed by atoms with Crippen molar-refractivity contribution in [2.75, 3.05) is 0 Å². The third-order valence-electron chi connectivity index (χ3n) is 2.55. The Morgan fingerprint density at radius 3 is 2.62 bits per heavy atom. The zero-order valence-electron chi connectivity index (χ0n) is 10.9. The molecule has 0 aliphatic heterocycles. The van der Waals surface area contributed by atoms with Crippen molar-refractivity contribution in [2.45, 2.75) is 19.6 Å². The summed E-state index contributed by atoms with van der Waals surface area (Å²) in [5, 5.41) is 0.851. The van der Waals surface area contributed by atoms with E-state index in [-0.39, 0.29) is 22.4 Å². The van der Waals surface area contributed by atoms with Crippen LogP contribution in [-0.2, 0) is 16.1 Å². The maximum Gasteiger partial charge on any atom is 0.347 e. The van der Waals surface area contributed by atoms with Crippen molar-refractivity contribution >= 4 is 40.8 Å². The smallest absolute Gasteiger partial charge is 0.347 e. The fraction of sp³-hybridized carbons (Fsp3) is 0.214. The minimum Gasteiger partial charge on any atom is -0.477 e. The summed E-state index contributed by atoms with van der Waals surface area (Å²) >= 11 is 17.7. The molecular weight excluding hydrogens is 339 g/mol. The lowest BCUT2D eigenvalue weighted by molar-refractivity contribution is -0.153. The van der Waals surface area contributed by atoms with E-state index in [9.17, 15) is 4.79 Å². The molecule has 0 aliphatic carbocycles. The van der Waals surface area contributed by atoms with Crippen LogP contribution in [0.4, 0.5) is 0 Å². The van der Waals surface area contributed by atoms with Crippen LogP contribution in [0.1, 0.15) is 12.7 Å². The van der Waals surface area contributed by atoms with Gasteiger partial charge in [-0.25, -0.2) is 4.79 Å². The molecule has 2 rings (SSSR count). The zero-order valence-corrected chi connectivity index (χ0v) is 13.2. The number of carbonyl (C=O) groups is 1. The van der Waals surface area contributed by atoms with Gasteiger partial charge in [-0.15, -0.1) is 0 Å². The lowest BCUT2D eigenvalue weighted by atomic mass is 10.3. The second-order valence-electron chi connectivity index (χ2n) is 4.14. The average Bonchev–Trinajstić information content (AvgIpc) is 2.95. The number of esters is 1. The maximum atomic E-state index is 11.8. The van der Waals surface area contributed by atoms with E-state index in [1.54, 1.807) is 19.1 Å². The van der Waals surface area contributed by atoms with Gasteiger partial charge in [-0.1, -0.05) is 34.8 Å². The van der Waals surface area contributed by atoms with E-state index in [1.807, 2.05) is 0 Å². The van der Waals surface area contributed by atoms with Gasteiger partial charge >= 0.3 is 5.97 Å². The number of carbonyl (C=O) groups excluding carboxylic acids is 1. The van der Waals surface area contributed by atoms with E-state index in [1.165, 1.54) is 18.4 Å². The Morgan fingerprint density at radius 1 is 1.24 bits per heavy atom. The van der Waals surface area contributed by atoms with E-state index >= 15 is 0 Å². The first-order valence-corrected chi connectivity index (χ1v) is 7.11. The quantitative estimate of drug-likeness (QED) is 0.577. The lowest BCUT2D eigenvalue weighted by Crippen LogP contribution is -2.26. The van der Waals surface area contributed by atoms with Crippen LogP contribution in [0.25, 0.3) is 0 Å². The molecule has 1 aromatic carbocycles. The van der Waals surface area contributed by atoms with Crippen LogP contribution in [-0.4, -0.2) is 12.1 Å². The van der Waals surface area contributed by atoms with Crippen molar-refractivity contribution in [1.29, 1.82) is 0 Å². The highest BCUT2D eigenvalue weighted by Crippen LogP contribution is 2.34. The standard InChI is InChI=1S/C14H11Cl3O4/c1-8(14(18)20-7-9-3-2-4-19-9)21-13-6-11(16)10(15)5-12(13)17/h2-6,8H,7H2,1H3. The van der Waals surface area contributed by atoms with Crippen LogP contribution < -0.4 is 4.74 Å². The van der Waals surface area contributed by atoms with Crippen molar-refractivity contribution in [1.82, 2.24) is 0 Å². The van der Waals surface area contributed by atoms with Gasteiger partial charge in [0.1, 0.15) is 18.1 Å². The molecule has 0 radical (unpaired) electrons. The number of ether oxygens (including phenoxy) is 2. The van der Waals surface area contributed by atoms with Crippen molar-refractivity contribution in [3.63, 3.8) is 0 Å². The Hall–Kier alpha value is -1.36. The molecule has 21 heavy (non-hydrogen) atoms. The second kappa shape index (κ2) is 7.07. The van der Waals surface area contributed by atoms with Gasteiger partial charge in [-0.05, 0) is 25.1 Å². The summed E-state index contributed by atoms with van der Waals surface area (Å²) in [6, 6.07) is 6.30. The van der Waals surface area contributed by atoms with Gasteiger partial charge < -0.3 is 13.9 Å². The molecule has 0 saturated heterocycles. The molecular formula is C14H11Cl3O4. The molecule has 7 heteroatoms. The molecule has 0 N–H and O–H groups in total. The molecule has 4 nitrogen and oxygen atoms in total. The van der Waals surface area contributed by atoms with Crippen LogP contribution in [0.15, 0.2) is 34.9 Å². The van der Waals surface area contributed by atoms with Crippen molar-refractivity contribution in [3.8, 4) is 5.75 Å². The van der Waals surface area contributed by atoms with Gasteiger partial charge in [0.2, 0.25) is 0 Å². The molecule has 0 aliphatic rings. The molecule has 2 aromatic rings. The highest BCUT2D eigenvalue weighted by atomic mass is 35.5. The van der Waals surface area contributed by atoms with Crippen molar-refractivity contribution < 1.29 is 18.7 Å². The molecule has 1 atom stereocenters. The van der Waals surface area contributed by atoms with Crippen molar-refractivity contribution in [3.05, 3.63) is 51.4 Å². The second-order valence-corrected chi connectivity index (χ2v) is 5.37. The molecule has 112 valence electrons. The molecule has 1 unspecified atom stereocenters. The first-order chi connectivity index (χ1) is 9.97. The minimum absolute atomic E-state index is 0.0363. The number of hydrogen-bond donors (Lipinski definition) is 0. The molecule has 0 saturated carbocycles. The third-order valence-corrected chi connectivity index (χ3v) is 3.56. The Morgan fingerprint density at radius 2 is 1.95 bits per heavy atom. The summed E-state index contributed by atoms with van der Waals surface area (Å²) in [7, 11) is 0. The zero-order chi connectivity index (χ0) is 15.4. The normalized spacial score (nSPS) is 12.0. The summed E-state index contributed by atoms with van der Waals surface area (Å²) in [4.78, 5) is 11.8. The highest BCUT2D eigenvalue weighted by Gasteiger charge is 2.19. The fourth-order valence-electron chi connectivity index (χ4n) is 1.49. The van der Waals surface area contributed by atoms with E-state index in [0.717, 1.165) is 0 Å². The van der Waals surface area contributed by atoms with Crippen LogP contribution in [0.3, 0.4) is 0 Å². The summed E-state index contributed by atoms with van der Waals surface area (Å²) in [5.74, 6) is 0.255. The Kier molecular flexibility index (Phi) is 5.39. The SMILES string of the molecule is CC(Oc1cc(Cl)c(Cl)cc1Cl)C(=O)OCc1ccco1. The van der Waals surface area contributed by atoms with Gasteiger partial charge in [0.05, 0.1) is 21.3 Å². The van der Waals surface area contributed by atoms with Crippen LogP contribution in [0.5, 0.6) is 5.75 Å². The first kappa shape index (κ1) is 16.0. The van der Waals surface area contributed by atoms with Crippen LogP contribution in [0, 0.1) is 0 Å². The number of furan rings is 1. The van der Waals surface area contributed by atoms with E-state index in [2.05, 4.69) is 0 Å². The van der Waals surface area contributed by atoms with Crippen molar-refractivity contribution in [2.24, 2.45) is 0 Å². The van der Waals surface area contributed by atoms with Crippen LogP contribution in [0.2, 0.25) is 15.1 Å². The van der Waals surface area contributed by atoms with Gasteiger partial charge in [0, 0.05) is 6.07 Å². The number of rotatable bonds is 5. The molecule has 0 fully saturated rings. The topological polar surface area (TPSA) is 48.7 Å². The summed E-state index contributed by atoms with van der Waals surface area (Å²) < 4.78 is 15.5. The Balaban J connectivity index is 1.95. The molecule has 0 amide bonds. The minimum atomic E-state index is -0.852. The Labute approximate surface area is 136 Å². The Bertz CT molecular complexity index is 625. The van der Waals surface area contributed by atoms with Gasteiger partial charge in [-0.3, -0.25) is 0 Å².